The fraction of sp³-hybridized carbons (Fsp3) is 0. The number of hydrogen-bond acceptors (Lipinski definition) is 4. The van der Waals surface area contributed by atoms with E-state index >= 15 is 0 Å². The number of rotatable bonds is 9. The predicted molar refractivity (Wildman–Crippen MR) is 448 cm³/mol. The number of benzene rings is 17. The molecule has 0 aliphatic carbocycles. The summed E-state index contributed by atoms with van der Waals surface area (Å²) in [5, 5.41) is 20.3. The van der Waals surface area contributed by atoms with Gasteiger partial charge >= 0.3 is 0 Å². The molecule has 17 aromatic carbocycles. The van der Waals surface area contributed by atoms with Gasteiger partial charge in [-0.05, 0) is 174 Å². The fourth-order valence-corrected chi connectivity index (χ4v) is 18.4. The highest BCUT2D eigenvalue weighted by Crippen LogP contribution is 2.49. The van der Waals surface area contributed by atoms with Gasteiger partial charge in [0, 0.05) is 75.0 Å². The zero-order valence-electron chi connectivity index (χ0n) is 56.5. The molecule has 4 heterocycles. The van der Waals surface area contributed by atoms with Gasteiger partial charge in [-0.3, -0.25) is 9.97 Å². The van der Waals surface area contributed by atoms with E-state index in [9.17, 15) is 0 Å². The number of aromatic nitrogens is 2. The molecule has 0 saturated heterocycles. The van der Waals surface area contributed by atoms with Gasteiger partial charge in [-0.25, -0.2) is 0 Å². The highest BCUT2D eigenvalue weighted by atomic mass is 32.1. The molecule has 0 unspecified atom stereocenters. The summed E-state index contributed by atoms with van der Waals surface area (Å²) in [7, 11) is 0. The smallest absolute Gasteiger partial charge is 0.0714 e. The van der Waals surface area contributed by atoms with Crippen molar-refractivity contribution in [3.05, 3.63) is 376 Å². The predicted octanol–water partition coefficient (Wildman–Crippen LogP) is 28.8. The average molecular weight is 1360 g/mol. The van der Waals surface area contributed by atoms with Gasteiger partial charge < -0.3 is 0 Å². The third-order valence-electron chi connectivity index (χ3n) is 21.1. The molecule has 21 aromatic rings. The van der Waals surface area contributed by atoms with E-state index in [1.54, 1.807) is 0 Å². The minimum absolute atomic E-state index is 0.975. The second-order valence-corrected chi connectivity index (χ2v) is 29.1. The zero-order chi connectivity index (χ0) is 68.6. The molecule has 2 nitrogen and oxygen atoms in total. The number of fused-ring (bicyclic) bond motifs is 14. The molecule has 4 aromatic heterocycles. The normalized spacial score (nSPS) is 11.7. The second-order valence-electron chi connectivity index (χ2n) is 26.9. The summed E-state index contributed by atoms with van der Waals surface area (Å²) in [6, 6.07) is 132. The van der Waals surface area contributed by atoms with Crippen molar-refractivity contribution >= 4 is 128 Å². The number of thiophene rings is 2. The van der Waals surface area contributed by atoms with Gasteiger partial charge in [0.05, 0.1) is 11.4 Å². The Kier molecular flexibility index (Phi) is 15.0. The van der Waals surface area contributed by atoms with Gasteiger partial charge in [0.15, 0.2) is 0 Å². The maximum absolute atomic E-state index is 5.21. The Labute approximate surface area is 610 Å². The van der Waals surface area contributed by atoms with Gasteiger partial charge in [-0.1, -0.05) is 322 Å². The van der Waals surface area contributed by atoms with Crippen LogP contribution in [0.2, 0.25) is 0 Å². The summed E-state index contributed by atoms with van der Waals surface area (Å²) in [5.41, 5.74) is 21.2. The fourth-order valence-electron chi connectivity index (χ4n) is 16.2. The Hall–Kier alpha value is -13.0. The topological polar surface area (TPSA) is 25.8 Å². The van der Waals surface area contributed by atoms with Crippen molar-refractivity contribution in [3.63, 3.8) is 0 Å². The summed E-state index contributed by atoms with van der Waals surface area (Å²) >= 11 is 3.74. The van der Waals surface area contributed by atoms with Crippen molar-refractivity contribution in [2.45, 2.75) is 0 Å². The second kappa shape index (κ2) is 25.6. The van der Waals surface area contributed by atoms with Crippen LogP contribution in [-0.2, 0) is 0 Å². The Morgan fingerprint density at radius 2 is 0.500 bits per heavy atom. The third kappa shape index (κ3) is 10.5. The summed E-state index contributed by atoms with van der Waals surface area (Å²) in [6.07, 6.45) is 4.09. The van der Waals surface area contributed by atoms with E-state index in [2.05, 4.69) is 370 Å². The molecule has 484 valence electrons. The van der Waals surface area contributed by atoms with E-state index < -0.39 is 0 Å². The van der Waals surface area contributed by atoms with Crippen LogP contribution >= 0.6 is 22.7 Å². The van der Waals surface area contributed by atoms with Gasteiger partial charge in [0.1, 0.15) is 0 Å². The molecule has 0 N–H and O–H groups in total. The van der Waals surface area contributed by atoms with Crippen LogP contribution in [0.4, 0.5) is 0 Å². The molecule has 104 heavy (non-hydrogen) atoms. The van der Waals surface area contributed by atoms with E-state index in [1.807, 2.05) is 28.9 Å². The van der Waals surface area contributed by atoms with E-state index in [4.69, 9.17) is 9.97 Å². The van der Waals surface area contributed by atoms with Crippen molar-refractivity contribution in [1.29, 1.82) is 0 Å². The minimum atomic E-state index is 0.975. The van der Waals surface area contributed by atoms with E-state index in [0.717, 1.165) is 28.1 Å². The molecule has 0 aliphatic rings. The van der Waals surface area contributed by atoms with Gasteiger partial charge in [0.25, 0.3) is 0 Å². The van der Waals surface area contributed by atoms with Crippen molar-refractivity contribution in [3.8, 4) is 100 Å². The largest absolute Gasteiger partial charge is 0.256 e. The quantitative estimate of drug-likeness (QED) is 0.135. The maximum atomic E-state index is 5.21. The molecule has 0 saturated carbocycles. The lowest BCUT2D eigenvalue weighted by Crippen LogP contribution is -1.93. The highest BCUT2D eigenvalue weighted by molar-refractivity contribution is 7.26. The van der Waals surface area contributed by atoms with Crippen molar-refractivity contribution in [1.82, 2.24) is 9.97 Å². The molecule has 0 radical (unpaired) electrons. The Morgan fingerprint density at radius 1 is 0.173 bits per heavy atom. The van der Waals surface area contributed by atoms with Crippen LogP contribution in [-0.4, -0.2) is 9.97 Å². The standard InChI is InChI=1S/C53H33NS.C47H29NS/c1-2-10-34(11-3-1)35-22-24-39(25-23-35)51-43-14-6-8-16-45(43)52(46-17-9-7-15-44(46)51)48-29-26-41(33-54-48)37-20-18-36(19-21-37)40-28-30-49-47(32-40)53-42-13-5-4-12-38(42)27-31-50(53)55-49;1-2-11-30(12-3-1)31-21-23-33(24-22-31)44-37-15-6-8-17-39(37)45(40-18-9-7-16-38(40)44)41-27-25-34(29-48-41)36-19-10-20-42-47(36)46-35-14-5-4-13-32(35)26-28-43(46)49-42/h1-33H;1-29H. The molecule has 0 amide bonds. The minimum Gasteiger partial charge on any atom is -0.256 e. The van der Waals surface area contributed by atoms with Crippen molar-refractivity contribution in [2.75, 3.05) is 0 Å². The number of hydrogen-bond donors (Lipinski definition) is 0. The lowest BCUT2D eigenvalue weighted by atomic mass is 9.86. The zero-order valence-corrected chi connectivity index (χ0v) is 58.1. The molecule has 0 bridgehead atoms. The number of pyridine rings is 2. The van der Waals surface area contributed by atoms with E-state index in [-0.39, 0.29) is 0 Å². The molecule has 0 fully saturated rings. The van der Waals surface area contributed by atoms with Gasteiger partial charge in [0.2, 0.25) is 0 Å². The summed E-state index contributed by atoms with van der Waals surface area (Å²) in [6.45, 7) is 0. The van der Waals surface area contributed by atoms with E-state index in [1.165, 1.54) is 177 Å². The lowest BCUT2D eigenvalue weighted by Gasteiger charge is -2.17. The van der Waals surface area contributed by atoms with Crippen LogP contribution in [0.15, 0.2) is 376 Å². The third-order valence-corrected chi connectivity index (χ3v) is 23.3. The van der Waals surface area contributed by atoms with Crippen molar-refractivity contribution < 1.29 is 0 Å². The monoisotopic (exact) mass is 1350 g/mol. The van der Waals surface area contributed by atoms with Gasteiger partial charge in [-0.2, -0.15) is 0 Å². The molecule has 0 aliphatic heterocycles. The maximum Gasteiger partial charge on any atom is 0.0714 e. The van der Waals surface area contributed by atoms with E-state index in [0.29, 0.717) is 0 Å². The molecule has 4 heteroatoms. The first-order valence-electron chi connectivity index (χ1n) is 35.5. The van der Waals surface area contributed by atoms with Crippen LogP contribution in [0.3, 0.4) is 0 Å². The molecule has 21 rings (SSSR count). The molecule has 0 atom stereocenters. The Bertz CT molecular complexity index is 6780. The molecular formula is C100H62N2S2. The molecular weight excluding hydrogens is 1290 g/mol. The average Bonchev–Trinajstić information content (AvgIpc) is 1.19. The first-order chi connectivity index (χ1) is 51.6. The SMILES string of the molecule is c1ccc(-c2ccc(-c3c4ccccc4c(-c4ccc(-c5ccc(-c6ccc7sc8ccc9ccccc9c8c7c6)cc5)cn4)c4ccccc34)cc2)cc1.c1ccc(-c2ccc(-c3c4ccccc4c(-c4ccc(-c5cccc6sc7ccc8ccccc8c7c56)cn4)c4ccccc34)cc2)cc1. The highest BCUT2D eigenvalue weighted by Gasteiger charge is 2.22. The van der Waals surface area contributed by atoms with Crippen LogP contribution in [0.5, 0.6) is 0 Å². The van der Waals surface area contributed by atoms with Crippen LogP contribution in [0, 0.1) is 0 Å². The summed E-state index contributed by atoms with van der Waals surface area (Å²) in [4.78, 5) is 10.3. The van der Waals surface area contributed by atoms with Crippen molar-refractivity contribution in [2.24, 2.45) is 0 Å². The van der Waals surface area contributed by atoms with Crippen LogP contribution in [0.1, 0.15) is 0 Å². The first kappa shape index (κ1) is 61.0. The molecule has 0 spiro atoms. The Balaban J connectivity index is 0.000000139. The number of nitrogens with zero attached hydrogens (tertiary/aromatic N) is 2. The summed E-state index contributed by atoms with van der Waals surface area (Å²) in [5.74, 6) is 0. The summed E-state index contributed by atoms with van der Waals surface area (Å²) < 4.78 is 5.28. The Morgan fingerprint density at radius 3 is 0.962 bits per heavy atom. The lowest BCUT2D eigenvalue weighted by molar-refractivity contribution is 1.34. The first-order valence-corrected chi connectivity index (χ1v) is 37.1. The van der Waals surface area contributed by atoms with Crippen LogP contribution < -0.4 is 0 Å². The van der Waals surface area contributed by atoms with Gasteiger partial charge in [-0.15, -0.1) is 22.7 Å². The van der Waals surface area contributed by atoms with Crippen LogP contribution in [0.25, 0.3) is 205 Å².